The van der Waals surface area contributed by atoms with Crippen molar-refractivity contribution in [3.05, 3.63) is 0 Å². The molecule has 3 nitrogen and oxygen atoms in total. The first-order valence-corrected chi connectivity index (χ1v) is 3.92. The average Bonchev–Trinajstić information content (AvgIpc) is 2.29. The number of hydrogen-bond acceptors (Lipinski definition) is 3. The van der Waals surface area contributed by atoms with Crippen LogP contribution in [-0.4, -0.2) is 31.3 Å². The summed E-state index contributed by atoms with van der Waals surface area (Å²) >= 11 is 0. The van der Waals surface area contributed by atoms with E-state index in [9.17, 15) is 0 Å². The first-order chi connectivity index (χ1) is 4.85. The number of nitrogens with one attached hydrogen (secondary N) is 1. The number of rotatable bonds is 1. The van der Waals surface area contributed by atoms with Gasteiger partial charge in [0.25, 0.3) is 0 Å². The van der Waals surface area contributed by atoms with Crippen LogP contribution in [0.1, 0.15) is 12.8 Å². The summed E-state index contributed by atoms with van der Waals surface area (Å²) in [6.07, 6.45) is 2.27. The molecule has 2 bridgehead atoms. The lowest BCUT2D eigenvalue weighted by Gasteiger charge is -2.30. The monoisotopic (exact) mass is 142 g/mol. The minimum atomic E-state index is 0.00289. The lowest BCUT2D eigenvalue weighted by Crippen LogP contribution is -2.44. The highest BCUT2D eigenvalue weighted by atomic mass is 16.5. The second kappa shape index (κ2) is 2.19. The molecule has 2 heterocycles. The number of nitrogens with two attached hydrogens (primary N) is 1. The van der Waals surface area contributed by atoms with Crippen molar-refractivity contribution in [3.8, 4) is 0 Å². The maximum atomic E-state index is 5.62. The molecule has 58 valence electrons. The van der Waals surface area contributed by atoms with Crippen LogP contribution in [0.25, 0.3) is 0 Å². The first kappa shape index (κ1) is 6.58. The van der Waals surface area contributed by atoms with Crippen molar-refractivity contribution < 1.29 is 4.74 Å². The predicted octanol–water partition coefficient (Wildman–Crippen LogP) is -0.534. The lowest BCUT2D eigenvalue weighted by molar-refractivity contribution is -0.0441. The van der Waals surface area contributed by atoms with Crippen LogP contribution in [0.3, 0.4) is 0 Å². The molecule has 0 radical (unpaired) electrons. The van der Waals surface area contributed by atoms with E-state index in [0.717, 1.165) is 26.0 Å². The van der Waals surface area contributed by atoms with Gasteiger partial charge >= 0.3 is 0 Å². The predicted molar refractivity (Wildman–Crippen MR) is 38.8 cm³/mol. The molecular weight excluding hydrogens is 128 g/mol. The SMILES string of the molecule is NCC12CNC(CCO1)C2. The fourth-order valence-electron chi connectivity index (χ4n) is 1.87. The molecule has 3 N–H and O–H groups in total. The smallest absolute Gasteiger partial charge is 0.0942 e. The summed E-state index contributed by atoms with van der Waals surface area (Å²) in [6.45, 7) is 2.50. The van der Waals surface area contributed by atoms with Gasteiger partial charge in [0.2, 0.25) is 0 Å². The number of hydrogen-bond donors (Lipinski definition) is 2. The second-order valence-corrected chi connectivity index (χ2v) is 3.31. The summed E-state index contributed by atoms with van der Waals surface area (Å²) in [4.78, 5) is 0. The summed E-state index contributed by atoms with van der Waals surface area (Å²) in [5.41, 5.74) is 5.61. The van der Waals surface area contributed by atoms with Crippen LogP contribution in [-0.2, 0) is 4.74 Å². The molecule has 2 fully saturated rings. The topological polar surface area (TPSA) is 47.3 Å². The minimum absolute atomic E-state index is 0.00289. The van der Waals surface area contributed by atoms with Gasteiger partial charge in [-0.25, -0.2) is 0 Å². The van der Waals surface area contributed by atoms with Crippen molar-refractivity contribution in [3.63, 3.8) is 0 Å². The van der Waals surface area contributed by atoms with Gasteiger partial charge in [-0.1, -0.05) is 0 Å². The Morgan fingerprint density at radius 2 is 2.60 bits per heavy atom. The molecule has 0 aromatic rings. The molecule has 2 unspecified atom stereocenters. The van der Waals surface area contributed by atoms with Gasteiger partial charge in [0.15, 0.2) is 0 Å². The van der Waals surface area contributed by atoms with Crippen molar-refractivity contribution in [2.75, 3.05) is 19.7 Å². The highest BCUT2D eigenvalue weighted by molar-refractivity contribution is 4.99. The van der Waals surface area contributed by atoms with Gasteiger partial charge in [0.05, 0.1) is 5.60 Å². The molecule has 0 aromatic heterocycles. The van der Waals surface area contributed by atoms with E-state index in [0.29, 0.717) is 12.6 Å². The van der Waals surface area contributed by atoms with Gasteiger partial charge in [0, 0.05) is 25.7 Å². The summed E-state index contributed by atoms with van der Waals surface area (Å²) in [7, 11) is 0. The van der Waals surface area contributed by atoms with Gasteiger partial charge in [-0.3, -0.25) is 0 Å². The molecule has 0 aromatic carbocycles. The third-order valence-corrected chi connectivity index (χ3v) is 2.58. The molecule has 0 spiro atoms. The van der Waals surface area contributed by atoms with Gasteiger partial charge in [0.1, 0.15) is 0 Å². The summed E-state index contributed by atoms with van der Waals surface area (Å²) in [6, 6.07) is 0.678. The summed E-state index contributed by atoms with van der Waals surface area (Å²) in [5.74, 6) is 0. The van der Waals surface area contributed by atoms with E-state index in [2.05, 4.69) is 5.32 Å². The van der Waals surface area contributed by atoms with E-state index >= 15 is 0 Å². The maximum absolute atomic E-state index is 5.62. The van der Waals surface area contributed by atoms with Crippen molar-refractivity contribution in [1.29, 1.82) is 0 Å². The Morgan fingerprint density at radius 1 is 1.70 bits per heavy atom. The molecule has 2 atom stereocenters. The Kier molecular flexibility index (Phi) is 1.44. The van der Waals surface area contributed by atoms with Crippen LogP contribution in [0.15, 0.2) is 0 Å². The Morgan fingerprint density at radius 3 is 3.30 bits per heavy atom. The zero-order valence-electron chi connectivity index (χ0n) is 6.10. The van der Waals surface area contributed by atoms with Crippen molar-refractivity contribution in [1.82, 2.24) is 5.32 Å². The highest BCUT2D eigenvalue weighted by Gasteiger charge is 2.41. The van der Waals surface area contributed by atoms with Crippen LogP contribution in [0.2, 0.25) is 0 Å². The molecule has 3 heteroatoms. The van der Waals surface area contributed by atoms with Gasteiger partial charge < -0.3 is 15.8 Å². The van der Waals surface area contributed by atoms with Crippen LogP contribution in [0.4, 0.5) is 0 Å². The van der Waals surface area contributed by atoms with Crippen LogP contribution >= 0.6 is 0 Å². The molecule has 10 heavy (non-hydrogen) atoms. The molecule has 2 saturated heterocycles. The molecular formula is C7H14N2O. The standard InChI is InChI=1S/C7H14N2O/c8-4-7-3-6(9-5-7)1-2-10-7/h6,9H,1-5,8H2. The van der Waals surface area contributed by atoms with Crippen molar-refractivity contribution in [2.45, 2.75) is 24.5 Å². The largest absolute Gasteiger partial charge is 0.372 e. The number of ether oxygens (including phenoxy) is 1. The highest BCUT2D eigenvalue weighted by Crippen LogP contribution is 2.28. The normalized spacial score (nSPS) is 45.9. The van der Waals surface area contributed by atoms with Gasteiger partial charge in [-0.05, 0) is 12.8 Å². The van der Waals surface area contributed by atoms with Crippen LogP contribution in [0, 0.1) is 0 Å². The fraction of sp³-hybridized carbons (Fsp3) is 1.00. The van der Waals surface area contributed by atoms with Gasteiger partial charge in [-0.15, -0.1) is 0 Å². The fourth-order valence-corrected chi connectivity index (χ4v) is 1.87. The molecule has 0 saturated carbocycles. The maximum Gasteiger partial charge on any atom is 0.0942 e. The average molecular weight is 142 g/mol. The van der Waals surface area contributed by atoms with E-state index < -0.39 is 0 Å². The molecule has 2 aliphatic heterocycles. The van der Waals surface area contributed by atoms with Crippen LogP contribution in [0.5, 0.6) is 0 Å². The Hall–Kier alpha value is -0.120. The second-order valence-electron chi connectivity index (χ2n) is 3.31. The first-order valence-electron chi connectivity index (χ1n) is 3.92. The Labute approximate surface area is 60.9 Å². The third kappa shape index (κ3) is 0.856. The molecule has 0 amide bonds. The molecule has 0 aliphatic carbocycles. The zero-order valence-corrected chi connectivity index (χ0v) is 6.10. The molecule has 2 aliphatic rings. The summed E-state index contributed by atoms with van der Waals surface area (Å²) in [5, 5.41) is 3.41. The van der Waals surface area contributed by atoms with Crippen molar-refractivity contribution in [2.24, 2.45) is 5.73 Å². The van der Waals surface area contributed by atoms with Gasteiger partial charge in [-0.2, -0.15) is 0 Å². The Balaban J connectivity index is 2.10. The number of fused-ring (bicyclic) bond motifs is 2. The third-order valence-electron chi connectivity index (χ3n) is 2.58. The van der Waals surface area contributed by atoms with E-state index in [1.54, 1.807) is 0 Å². The Bertz CT molecular complexity index is 136. The molecule has 2 rings (SSSR count). The lowest BCUT2D eigenvalue weighted by atomic mass is 9.96. The van der Waals surface area contributed by atoms with E-state index in [4.69, 9.17) is 10.5 Å². The zero-order chi connectivity index (χ0) is 7.03. The quantitative estimate of drug-likeness (QED) is 0.517. The van der Waals surface area contributed by atoms with E-state index in [1.807, 2.05) is 0 Å². The summed E-state index contributed by atoms with van der Waals surface area (Å²) < 4.78 is 5.62. The van der Waals surface area contributed by atoms with E-state index in [1.165, 1.54) is 0 Å². The van der Waals surface area contributed by atoms with E-state index in [-0.39, 0.29) is 5.60 Å². The van der Waals surface area contributed by atoms with Crippen molar-refractivity contribution >= 4 is 0 Å². The van der Waals surface area contributed by atoms with Crippen LogP contribution < -0.4 is 11.1 Å². The minimum Gasteiger partial charge on any atom is -0.372 e.